The lowest BCUT2D eigenvalue weighted by Crippen LogP contribution is -2.11. The van der Waals surface area contributed by atoms with Crippen LogP contribution in [0.3, 0.4) is 0 Å². The summed E-state index contributed by atoms with van der Waals surface area (Å²) >= 11 is 5.47. The third-order valence-electron chi connectivity index (χ3n) is 3.77. The topological polar surface area (TPSA) is 71.1 Å². The van der Waals surface area contributed by atoms with Gasteiger partial charge in [0.05, 0.1) is 21.3 Å². The average molecular weight is 379 g/mol. The number of ketones is 1. The summed E-state index contributed by atoms with van der Waals surface area (Å²) in [6.07, 6.45) is 0. The first kappa shape index (κ1) is 19.6. The number of carbonyl (C=O) groups is 2. The van der Waals surface area contributed by atoms with Gasteiger partial charge in [-0.25, -0.2) is 0 Å². The molecule has 0 bridgehead atoms. The van der Waals surface area contributed by atoms with Crippen LogP contribution in [-0.4, -0.2) is 39.0 Å². The predicted molar refractivity (Wildman–Crippen MR) is 97.1 cm³/mol. The third kappa shape index (κ3) is 4.08. The molecule has 0 unspecified atom stereocenters. The Kier molecular flexibility index (Phi) is 6.46. The number of carbonyl (C=O) groups excluding carboxylic acids is 2. The second-order valence-electron chi connectivity index (χ2n) is 5.31. The molecule has 0 fully saturated rings. The number of alkyl halides is 1. The van der Waals surface area contributed by atoms with Gasteiger partial charge in [-0.15, -0.1) is 11.6 Å². The minimum atomic E-state index is -0.645. The number of rotatable bonds is 7. The molecule has 0 radical (unpaired) electrons. The van der Waals surface area contributed by atoms with Crippen LogP contribution in [0.15, 0.2) is 30.3 Å². The van der Waals surface area contributed by atoms with Crippen LogP contribution >= 0.6 is 11.6 Å². The molecule has 0 N–H and O–H groups in total. The van der Waals surface area contributed by atoms with E-state index in [4.69, 9.17) is 30.5 Å². The quantitative estimate of drug-likeness (QED) is 0.318. The number of halogens is 1. The Labute approximate surface area is 156 Å². The molecule has 7 heteroatoms. The van der Waals surface area contributed by atoms with Crippen molar-refractivity contribution in [1.82, 2.24) is 0 Å². The van der Waals surface area contributed by atoms with Gasteiger partial charge in [0.15, 0.2) is 17.3 Å². The molecule has 6 nitrogen and oxygen atoms in total. The molecule has 0 heterocycles. The van der Waals surface area contributed by atoms with Crippen LogP contribution in [0.5, 0.6) is 23.0 Å². The standard InChI is InChI=1S/C19H19ClO6/c1-11-15(24-3)8-13(9-16(11)25-4)19(22)12-5-6-14(23-2)17(7-12)26-18(21)10-20/h5-9H,10H2,1-4H3. The Morgan fingerprint density at radius 1 is 0.846 bits per heavy atom. The summed E-state index contributed by atoms with van der Waals surface area (Å²) in [6, 6.07) is 7.83. The maximum absolute atomic E-state index is 12.9. The summed E-state index contributed by atoms with van der Waals surface area (Å²) < 4.78 is 20.9. The van der Waals surface area contributed by atoms with E-state index in [9.17, 15) is 9.59 Å². The summed E-state index contributed by atoms with van der Waals surface area (Å²) in [5.41, 5.74) is 1.48. The molecule has 2 aromatic carbocycles. The van der Waals surface area contributed by atoms with Crippen LogP contribution in [0.25, 0.3) is 0 Å². The van der Waals surface area contributed by atoms with Crippen molar-refractivity contribution >= 4 is 23.4 Å². The van der Waals surface area contributed by atoms with Gasteiger partial charge in [0, 0.05) is 16.7 Å². The number of ether oxygens (including phenoxy) is 4. The molecule has 2 rings (SSSR count). The lowest BCUT2D eigenvalue weighted by molar-refractivity contribution is -0.131. The smallest absolute Gasteiger partial charge is 0.326 e. The van der Waals surface area contributed by atoms with Gasteiger partial charge in [-0.2, -0.15) is 0 Å². The SMILES string of the molecule is COc1ccc(C(=O)c2cc(OC)c(C)c(OC)c2)cc1OC(=O)CCl. The maximum atomic E-state index is 12.9. The van der Waals surface area contributed by atoms with E-state index in [0.717, 1.165) is 5.56 Å². The van der Waals surface area contributed by atoms with E-state index in [1.807, 2.05) is 6.92 Å². The highest BCUT2D eigenvalue weighted by molar-refractivity contribution is 6.26. The molecular weight excluding hydrogens is 360 g/mol. The fourth-order valence-corrected chi connectivity index (χ4v) is 2.49. The normalized spacial score (nSPS) is 10.2. The van der Waals surface area contributed by atoms with E-state index < -0.39 is 5.97 Å². The van der Waals surface area contributed by atoms with E-state index in [0.29, 0.717) is 28.4 Å². The van der Waals surface area contributed by atoms with E-state index in [2.05, 4.69) is 0 Å². The number of methoxy groups -OCH3 is 3. The molecular formula is C19H19ClO6. The van der Waals surface area contributed by atoms with Crippen molar-refractivity contribution in [2.75, 3.05) is 27.2 Å². The molecule has 0 aliphatic heterocycles. The third-order valence-corrected chi connectivity index (χ3v) is 3.99. The molecule has 0 aromatic heterocycles. The second-order valence-corrected chi connectivity index (χ2v) is 5.58. The molecule has 0 spiro atoms. The molecule has 0 aliphatic carbocycles. The van der Waals surface area contributed by atoms with Gasteiger partial charge in [0.25, 0.3) is 0 Å². The zero-order valence-corrected chi connectivity index (χ0v) is 15.7. The van der Waals surface area contributed by atoms with Gasteiger partial charge in [0.2, 0.25) is 0 Å². The Bertz CT molecular complexity index is 806. The first-order valence-corrected chi connectivity index (χ1v) is 8.20. The number of hydrogen-bond donors (Lipinski definition) is 0. The second kappa shape index (κ2) is 8.58. The number of hydrogen-bond acceptors (Lipinski definition) is 6. The maximum Gasteiger partial charge on any atom is 0.326 e. The Balaban J connectivity index is 2.46. The predicted octanol–water partition coefficient (Wildman–Crippen LogP) is 3.40. The molecule has 0 saturated heterocycles. The zero-order valence-electron chi connectivity index (χ0n) is 14.9. The van der Waals surface area contributed by atoms with Gasteiger partial charge in [0.1, 0.15) is 17.4 Å². The minimum absolute atomic E-state index is 0.120. The van der Waals surface area contributed by atoms with Crippen molar-refractivity contribution in [2.45, 2.75) is 6.92 Å². The van der Waals surface area contributed by atoms with Crippen LogP contribution in [0.1, 0.15) is 21.5 Å². The fraction of sp³-hybridized carbons (Fsp3) is 0.263. The van der Waals surface area contributed by atoms with Crippen LogP contribution in [0, 0.1) is 6.92 Å². The van der Waals surface area contributed by atoms with Gasteiger partial charge < -0.3 is 18.9 Å². The summed E-state index contributed by atoms with van der Waals surface area (Å²) in [5, 5.41) is 0. The molecule has 0 amide bonds. The zero-order chi connectivity index (χ0) is 19.3. The highest BCUT2D eigenvalue weighted by Gasteiger charge is 2.18. The molecule has 138 valence electrons. The largest absolute Gasteiger partial charge is 0.496 e. The Morgan fingerprint density at radius 2 is 1.38 bits per heavy atom. The summed E-state index contributed by atoms with van der Waals surface area (Å²) in [6.45, 7) is 1.84. The van der Waals surface area contributed by atoms with Crippen molar-refractivity contribution < 1.29 is 28.5 Å². The summed E-state index contributed by atoms with van der Waals surface area (Å²) in [5.74, 6) is 0.271. The molecule has 0 atom stereocenters. The Hall–Kier alpha value is -2.73. The van der Waals surface area contributed by atoms with Crippen LogP contribution in [0.2, 0.25) is 0 Å². The van der Waals surface area contributed by atoms with Crippen LogP contribution in [0.4, 0.5) is 0 Å². The van der Waals surface area contributed by atoms with Crippen molar-refractivity contribution in [3.8, 4) is 23.0 Å². The van der Waals surface area contributed by atoms with Crippen LogP contribution in [-0.2, 0) is 4.79 Å². The lowest BCUT2D eigenvalue weighted by atomic mass is 10.0. The van der Waals surface area contributed by atoms with E-state index in [1.54, 1.807) is 24.3 Å². The first-order chi connectivity index (χ1) is 12.4. The van der Waals surface area contributed by atoms with Crippen molar-refractivity contribution in [3.63, 3.8) is 0 Å². The van der Waals surface area contributed by atoms with E-state index >= 15 is 0 Å². The van der Waals surface area contributed by atoms with Gasteiger partial charge in [-0.1, -0.05) is 0 Å². The summed E-state index contributed by atoms with van der Waals surface area (Å²) in [4.78, 5) is 24.4. The minimum Gasteiger partial charge on any atom is -0.496 e. The summed E-state index contributed by atoms with van der Waals surface area (Å²) in [7, 11) is 4.48. The number of benzene rings is 2. The van der Waals surface area contributed by atoms with Crippen LogP contribution < -0.4 is 18.9 Å². The molecule has 0 saturated carbocycles. The Morgan fingerprint density at radius 3 is 1.88 bits per heavy atom. The molecule has 2 aromatic rings. The fourth-order valence-electron chi connectivity index (χ4n) is 2.43. The van der Waals surface area contributed by atoms with Gasteiger partial charge in [-0.3, -0.25) is 9.59 Å². The van der Waals surface area contributed by atoms with Gasteiger partial charge >= 0.3 is 5.97 Å². The van der Waals surface area contributed by atoms with E-state index in [-0.39, 0.29) is 17.4 Å². The lowest BCUT2D eigenvalue weighted by Gasteiger charge is -2.13. The van der Waals surface area contributed by atoms with Crippen molar-refractivity contribution in [1.29, 1.82) is 0 Å². The van der Waals surface area contributed by atoms with E-state index in [1.165, 1.54) is 27.4 Å². The highest BCUT2D eigenvalue weighted by Crippen LogP contribution is 2.33. The molecule has 0 aliphatic rings. The highest BCUT2D eigenvalue weighted by atomic mass is 35.5. The van der Waals surface area contributed by atoms with Gasteiger partial charge in [-0.05, 0) is 37.3 Å². The monoisotopic (exact) mass is 378 g/mol. The van der Waals surface area contributed by atoms with Crippen molar-refractivity contribution in [2.24, 2.45) is 0 Å². The number of esters is 1. The average Bonchev–Trinajstić information content (AvgIpc) is 2.67. The first-order valence-electron chi connectivity index (χ1n) is 7.67. The van der Waals surface area contributed by atoms with Crippen molar-refractivity contribution in [3.05, 3.63) is 47.0 Å². The molecule has 26 heavy (non-hydrogen) atoms.